The lowest BCUT2D eigenvalue weighted by Crippen LogP contribution is -2.19. The number of nitrogens with zero attached hydrogens (tertiary/aromatic N) is 1. The maximum absolute atomic E-state index is 4.07. The lowest BCUT2D eigenvalue weighted by molar-refractivity contribution is 0.773. The number of hydrogen-bond donors (Lipinski definition) is 1. The minimum Gasteiger partial charge on any atom is -0.381 e. The molecule has 0 radical (unpaired) electrons. The number of anilines is 1. The topological polar surface area (TPSA) is 24.9 Å². The Morgan fingerprint density at radius 2 is 1.82 bits per heavy atom. The first-order valence-electron chi connectivity index (χ1n) is 5.76. The van der Waals surface area contributed by atoms with Gasteiger partial charge in [0.2, 0.25) is 0 Å². The van der Waals surface area contributed by atoms with Gasteiger partial charge in [-0.1, -0.05) is 24.3 Å². The molecule has 1 aliphatic rings. The summed E-state index contributed by atoms with van der Waals surface area (Å²) in [6.07, 6.45) is 5.84. The van der Waals surface area contributed by atoms with E-state index < -0.39 is 0 Å². The summed E-state index contributed by atoms with van der Waals surface area (Å²) in [5, 5.41) is 3.57. The van der Waals surface area contributed by atoms with Crippen molar-refractivity contribution < 1.29 is 0 Å². The molecular weight excluding hydrogens is 276 g/mol. The molecule has 0 amide bonds. The third kappa shape index (κ3) is 2.20. The van der Waals surface area contributed by atoms with E-state index in [-0.39, 0.29) is 0 Å². The normalized spacial score (nSPS) is 14.6. The third-order valence-electron chi connectivity index (χ3n) is 3.18. The summed E-state index contributed by atoms with van der Waals surface area (Å²) >= 11 is 3.51. The molecule has 0 saturated heterocycles. The monoisotopic (exact) mass is 288 g/mol. The number of halogens is 1. The third-order valence-corrected chi connectivity index (χ3v) is 3.82. The molecule has 1 aromatic carbocycles. The Morgan fingerprint density at radius 1 is 1.12 bits per heavy atom. The van der Waals surface area contributed by atoms with Gasteiger partial charge in [-0.3, -0.25) is 4.98 Å². The van der Waals surface area contributed by atoms with Gasteiger partial charge in [-0.2, -0.15) is 0 Å². The van der Waals surface area contributed by atoms with Gasteiger partial charge in [0, 0.05) is 18.4 Å². The molecule has 86 valence electrons. The number of hydrogen-bond acceptors (Lipinski definition) is 2. The van der Waals surface area contributed by atoms with Crippen molar-refractivity contribution in [2.24, 2.45) is 0 Å². The van der Waals surface area contributed by atoms with Crippen molar-refractivity contribution in [3.63, 3.8) is 0 Å². The highest BCUT2D eigenvalue weighted by Crippen LogP contribution is 2.27. The Balaban J connectivity index is 1.76. The van der Waals surface area contributed by atoms with Crippen LogP contribution in [0.4, 0.5) is 5.69 Å². The highest BCUT2D eigenvalue weighted by Gasteiger charge is 2.20. The zero-order valence-corrected chi connectivity index (χ0v) is 10.9. The van der Waals surface area contributed by atoms with E-state index in [0.717, 1.165) is 23.0 Å². The fourth-order valence-corrected chi connectivity index (χ4v) is 2.74. The van der Waals surface area contributed by atoms with Crippen LogP contribution >= 0.6 is 15.9 Å². The molecule has 0 saturated carbocycles. The van der Waals surface area contributed by atoms with E-state index in [1.165, 1.54) is 11.1 Å². The second kappa shape index (κ2) is 4.49. The van der Waals surface area contributed by atoms with Crippen LogP contribution in [0.2, 0.25) is 0 Å². The van der Waals surface area contributed by atoms with Gasteiger partial charge >= 0.3 is 0 Å². The molecular formula is C14H13BrN2. The molecule has 0 fully saturated rings. The lowest BCUT2D eigenvalue weighted by Gasteiger charge is -2.14. The fraction of sp³-hybridized carbons (Fsp3) is 0.214. The second-order valence-electron chi connectivity index (χ2n) is 4.37. The summed E-state index contributed by atoms with van der Waals surface area (Å²) in [6.45, 7) is 0. The minimum absolute atomic E-state index is 0.492. The average molecular weight is 289 g/mol. The Kier molecular flexibility index (Phi) is 2.85. The smallest absolute Gasteiger partial charge is 0.0590 e. The van der Waals surface area contributed by atoms with Crippen molar-refractivity contribution in [1.82, 2.24) is 4.98 Å². The van der Waals surface area contributed by atoms with Gasteiger partial charge in [-0.05, 0) is 46.0 Å². The molecule has 17 heavy (non-hydrogen) atoms. The number of aromatic nitrogens is 1. The first-order chi connectivity index (χ1) is 8.33. The molecule has 0 spiro atoms. The van der Waals surface area contributed by atoms with Crippen LogP contribution in [0, 0.1) is 0 Å². The van der Waals surface area contributed by atoms with Crippen molar-refractivity contribution in [3.05, 3.63) is 58.3 Å². The van der Waals surface area contributed by atoms with Gasteiger partial charge in [0.05, 0.1) is 10.2 Å². The average Bonchev–Trinajstić information content (AvgIpc) is 2.74. The lowest BCUT2D eigenvalue weighted by atomic mass is 10.1. The number of pyridine rings is 1. The van der Waals surface area contributed by atoms with E-state index >= 15 is 0 Å². The van der Waals surface area contributed by atoms with E-state index in [1.807, 2.05) is 18.5 Å². The van der Waals surface area contributed by atoms with Crippen LogP contribution in [-0.2, 0) is 12.8 Å². The fourth-order valence-electron chi connectivity index (χ4n) is 2.37. The quantitative estimate of drug-likeness (QED) is 0.916. The predicted molar refractivity (Wildman–Crippen MR) is 73.2 cm³/mol. The van der Waals surface area contributed by atoms with Crippen molar-refractivity contribution in [2.75, 3.05) is 5.32 Å². The van der Waals surface area contributed by atoms with E-state index in [2.05, 4.69) is 50.5 Å². The Bertz CT molecular complexity index is 514. The summed E-state index contributed by atoms with van der Waals surface area (Å²) in [5.74, 6) is 0. The Hall–Kier alpha value is -1.35. The van der Waals surface area contributed by atoms with Crippen LogP contribution in [0.1, 0.15) is 11.1 Å². The van der Waals surface area contributed by atoms with Gasteiger partial charge in [0.25, 0.3) is 0 Å². The number of benzene rings is 1. The number of fused-ring (bicyclic) bond motifs is 1. The summed E-state index contributed by atoms with van der Waals surface area (Å²) in [4.78, 5) is 4.07. The van der Waals surface area contributed by atoms with Gasteiger partial charge < -0.3 is 5.32 Å². The van der Waals surface area contributed by atoms with Crippen LogP contribution in [-0.4, -0.2) is 11.0 Å². The molecule has 1 aliphatic carbocycles. The SMILES string of the molecule is Brc1cnccc1NC1Cc2ccccc2C1. The zero-order chi connectivity index (χ0) is 11.7. The van der Waals surface area contributed by atoms with Crippen molar-refractivity contribution in [1.29, 1.82) is 0 Å². The van der Waals surface area contributed by atoms with Crippen LogP contribution in [0.5, 0.6) is 0 Å². The summed E-state index contributed by atoms with van der Waals surface area (Å²) in [7, 11) is 0. The van der Waals surface area contributed by atoms with E-state index in [9.17, 15) is 0 Å². The molecule has 0 aliphatic heterocycles. The number of nitrogens with one attached hydrogen (secondary N) is 1. The van der Waals surface area contributed by atoms with E-state index in [0.29, 0.717) is 6.04 Å². The van der Waals surface area contributed by atoms with Crippen LogP contribution < -0.4 is 5.32 Å². The van der Waals surface area contributed by atoms with Crippen LogP contribution in [0.3, 0.4) is 0 Å². The first kappa shape index (κ1) is 10.8. The standard InChI is InChI=1S/C14H13BrN2/c15-13-9-16-6-5-14(13)17-12-7-10-3-1-2-4-11(10)8-12/h1-6,9,12H,7-8H2,(H,16,17). The van der Waals surface area contributed by atoms with Gasteiger partial charge in [-0.25, -0.2) is 0 Å². The molecule has 0 atom stereocenters. The summed E-state index contributed by atoms with van der Waals surface area (Å²) in [6, 6.07) is 11.2. The van der Waals surface area contributed by atoms with Gasteiger partial charge in [0.15, 0.2) is 0 Å². The van der Waals surface area contributed by atoms with Crippen LogP contribution in [0.15, 0.2) is 47.2 Å². The Labute approximate surface area is 109 Å². The predicted octanol–water partition coefficient (Wildman–Crippen LogP) is 3.42. The number of rotatable bonds is 2. The van der Waals surface area contributed by atoms with E-state index in [1.54, 1.807) is 0 Å². The van der Waals surface area contributed by atoms with Crippen LogP contribution in [0.25, 0.3) is 0 Å². The van der Waals surface area contributed by atoms with E-state index in [4.69, 9.17) is 0 Å². The first-order valence-corrected chi connectivity index (χ1v) is 6.55. The van der Waals surface area contributed by atoms with Crippen molar-refractivity contribution in [2.45, 2.75) is 18.9 Å². The maximum Gasteiger partial charge on any atom is 0.0590 e. The summed E-state index contributed by atoms with van der Waals surface area (Å²) < 4.78 is 1.02. The molecule has 3 rings (SSSR count). The molecule has 0 unspecified atom stereocenters. The molecule has 0 bridgehead atoms. The largest absolute Gasteiger partial charge is 0.381 e. The molecule has 1 aromatic heterocycles. The second-order valence-corrected chi connectivity index (χ2v) is 5.23. The Morgan fingerprint density at radius 3 is 2.47 bits per heavy atom. The zero-order valence-electron chi connectivity index (χ0n) is 9.36. The van der Waals surface area contributed by atoms with Crippen molar-refractivity contribution in [3.8, 4) is 0 Å². The minimum atomic E-state index is 0.492. The highest BCUT2D eigenvalue weighted by atomic mass is 79.9. The maximum atomic E-state index is 4.07. The molecule has 1 N–H and O–H groups in total. The molecule has 3 heteroatoms. The molecule has 1 heterocycles. The van der Waals surface area contributed by atoms with Gasteiger partial charge in [0.1, 0.15) is 0 Å². The van der Waals surface area contributed by atoms with Gasteiger partial charge in [-0.15, -0.1) is 0 Å². The highest BCUT2D eigenvalue weighted by molar-refractivity contribution is 9.10. The molecule has 2 nitrogen and oxygen atoms in total. The molecule has 2 aromatic rings. The summed E-state index contributed by atoms with van der Waals surface area (Å²) in [5.41, 5.74) is 4.06. The van der Waals surface area contributed by atoms with Crippen molar-refractivity contribution >= 4 is 21.6 Å².